The normalized spacial score (nSPS) is 12.3. The molecule has 3 aromatic rings. The molecule has 0 saturated heterocycles. The van der Waals surface area contributed by atoms with Crippen molar-refractivity contribution in [3.63, 3.8) is 0 Å². The number of sulfonamides is 1. The maximum absolute atomic E-state index is 12.9. The fraction of sp³-hybridized carbons (Fsp3) is 0.176. The lowest BCUT2D eigenvalue weighted by molar-refractivity contribution is -0.137. The smallest absolute Gasteiger partial charge is 0.301 e. The SMILES string of the molecule is CN(CC(=O)Nc1nc(-c2cccc(C(F)(F)F)c2)cs1)S(=O)(=O)c1cccs1. The van der Waals surface area contributed by atoms with Crippen LogP contribution in [0.5, 0.6) is 0 Å². The highest BCUT2D eigenvalue weighted by Crippen LogP contribution is 2.33. The van der Waals surface area contributed by atoms with Gasteiger partial charge in [0.2, 0.25) is 5.91 Å². The first-order chi connectivity index (χ1) is 13.6. The summed E-state index contributed by atoms with van der Waals surface area (Å²) in [5.74, 6) is -0.613. The van der Waals surface area contributed by atoms with E-state index in [-0.39, 0.29) is 20.6 Å². The number of aromatic nitrogens is 1. The summed E-state index contributed by atoms with van der Waals surface area (Å²) in [6.45, 7) is -0.432. The molecule has 0 saturated carbocycles. The highest BCUT2D eigenvalue weighted by molar-refractivity contribution is 7.91. The van der Waals surface area contributed by atoms with Gasteiger partial charge in [0.25, 0.3) is 10.0 Å². The standard InChI is InChI=1S/C17H14F3N3O3S3/c1-23(29(25,26)15-6-3-7-27-15)9-14(24)22-16-21-13(10-28-16)11-4-2-5-12(8-11)17(18,19)20/h2-8,10H,9H2,1H3,(H,21,22,24). The van der Waals surface area contributed by atoms with Gasteiger partial charge >= 0.3 is 6.18 Å². The average molecular weight is 462 g/mol. The summed E-state index contributed by atoms with van der Waals surface area (Å²) in [7, 11) is -2.49. The third-order valence-corrected chi connectivity index (χ3v) is 7.70. The molecule has 3 rings (SSSR count). The second kappa shape index (κ2) is 8.22. The lowest BCUT2D eigenvalue weighted by atomic mass is 10.1. The molecule has 0 radical (unpaired) electrons. The molecule has 0 aliphatic heterocycles. The number of hydrogen-bond donors (Lipinski definition) is 1. The van der Waals surface area contributed by atoms with Crippen molar-refractivity contribution in [1.29, 1.82) is 0 Å². The second-order valence-corrected chi connectivity index (χ2v) is 9.94. The van der Waals surface area contributed by atoms with Crippen molar-refractivity contribution in [1.82, 2.24) is 9.29 Å². The number of rotatable bonds is 6. The zero-order valence-electron chi connectivity index (χ0n) is 14.8. The number of carbonyl (C=O) groups is 1. The lowest BCUT2D eigenvalue weighted by Gasteiger charge is -2.15. The Labute approximate surface area is 172 Å². The van der Waals surface area contributed by atoms with Gasteiger partial charge in [-0.15, -0.1) is 22.7 Å². The van der Waals surface area contributed by atoms with E-state index in [1.807, 2.05) is 0 Å². The third-order valence-electron chi connectivity index (χ3n) is 3.76. The number of thiophene rings is 1. The zero-order valence-corrected chi connectivity index (χ0v) is 17.3. The van der Waals surface area contributed by atoms with Crippen LogP contribution in [0.25, 0.3) is 11.3 Å². The highest BCUT2D eigenvalue weighted by Gasteiger charge is 2.30. The van der Waals surface area contributed by atoms with Gasteiger partial charge in [0, 0.05) is 18.0 Å². The van der Waals surface area contributed by atoms with Gasteiger partial charge in [-0.2, -0.15) is 17.5 Å². The minimum absolute atomic E-state index is 0.119. The van der Waals surface area contributed by atoms with Gasteiger partial charge in [-0.25, -0.2) is 13.4 Å². The summed E-state index contributed by atoms with van der Waals surface area (Å²) in [4.78, 5) is 16.3. The molecule has 6 nitrogen and oxygen atoms in total. The minimum atomic E-state index is -4.47. The topological polar surface area (TPSA) is 79.4 Å². The maximum atomic E-state index is 12.9. The Hall–Kier alpha value is -2.28. The van der Waals surface area contributed by atoms with Gasteiger partial charge in [-0.3, -0.25) is 4.79 Å². The number of hydrogen-bond acceptors (Lipinski definition) is 6. The van der Waals surface area contributed by atoms with Gasteiger partial charge in [0.1, 0.15) is 4.21 Å². The van der Waals surface area contributed by atoms with Crippen molar-refractivity contribution in [3.8, 4) is 11.3 Å². The molecule has 29 heavy (non-hydrogen) atoms. The summed E-state index contributed by atoms with van der Waals surface area (Å²) < 4.78 is 64.3. The summed E-state index contributed by atoms with van der Waals surface area (Å²) in [5, 5.41) is 5.75. The Morgan fingerprint density at radius 2 is 1.97 bits per heavy atom. The number of likely N-dealkylation sites (N-methyl/N-ethyl adjacent to an activating group) is 1. The summed E-state index contributed by atoms with van der Waals surface area (Å²) in [6, 6.07) is 7.73. The summed E-state index contributed by atoms with van der Waals surface area (Å²) in [5.41, 5.74) is -0.265. The van der Waals surface area contributed by atoms with Gasteiger partial charge < -0.3 is 5.32 Å². The van der Waals surface area contributed by atoms with Crippen LogP contribution in [0.2, 0.25) is 0 Å². The maximum Gasteiger partial charge on any atom is 0.416 e. The van der Waals surface area contributed by atoms with Crippen LogP contribution in [0.4, 0.5) is 18.3 Å². The Morgan fingerprint density at radius 3 is 2.62 bits per heavy atom. The van der Waals surface area contributed by atoms with Gasteiger partial charge in [-0.05, 0) is 23.6 Å². The average Bonchev–Trinajstić information content (AvgIpc) is 3.33. The van der Waals surface area contributed by atoms with Crippen molar-refractivity contribution in [2.45, 2.75) is 10.4 Å². The van der Waals surface area contributed by atoms with Crippen LogP contribution in [0, 0.1) is 0 Å². The van der Waals surface area contributed by atoms with Crippen molar-refractivity contribution >= 4 is 43.7 Å². The molecule has 154 valence electrons. The number of halogens is 3. The Morgan fingerprint density at radius 1 is 1.21 bits per heavy atom. The molecule has 0 aliphatic rings. The van der Waals surface area contributed by atoms with Crippen LogP contribution < -0.4 is 5.32 Å². The number of carbonyl (C=O) groups excluding carboxylic acids is 1. The molecule has 2 aromatic heterocycles. The first kappa shape index (κ1) is 21.4. The Balaban J connectivity index is 1.68. The molecule has 0 atom stereocenters. The van der Waals surface area contributed by atoms with Crippen LogP contribution in [-0.2, 0) is 21.0 Å². The van der Waals surface area contributed by atoms with E-state index in [0.29, 0.717) is 0 Å². The van der Waals surface area contributed by atoms with Crippen LogP contribution in [-0.4, -0.2) is 37.2 Å². The number of amides is 1. The summed E-state index contributed by atoms with van der Waals surface area (Å²) >= 11 is 2.07. The van der Waals surface area contributed by atoms with E-state index in [1.54, 1.807) is 11.4 Å². The van der Waals surface area contributed by atoms with Crippen molar-refractivity contribution in [2.75, 3.05) is 18.9 Å². The molecular formula is C17H14F3N3O3S3. The van der Waals surface area contributed by atoms with Gasteiger partial charge in [0.15, 0.2) is 5.13 Å². The predicted molar refractivity (Wildman–Crippen MR) is 105 cm³/mol. The molecule has 0 aliphatic carbocycles. The quantitative estimate of drug-likeness (QED) is 0.598. The van der Waals surface area contributed by atoms with Crippen LogP contribution in [0.3, 0.4) is 0 Å². The molecule has 2 heterocycles. The fourth-order valence-corrected chi connectivity index (χ4v) is 5.39. The van der Waals surface area contributed by atoms with Crippen LogP contribution in [0.1, 0.15) is 5.56 Å². The Bertz CT molecular complexity index is 1110. The molecule has 0 unspecified atom stereocenters. The molecule has 0 bridgehead atoms. The van der Waals surface area contributed by atoms with E-state index < -0.39 is 34.2 Å². The Kier molecular flexibility index (Phi) is 6.08. The number of benzene rings is 1. The molecule has 12 heteroatoms. The molecular weight excluding hydrogens is 447 g/mol. The van der Waals surface area contributed by atoms with Crippen LogP contribution >= 0.6 is 22.7 Å². The number of anilines is 1. The fourth-order valence-electron chi connectivity index (χ4n) is 2.33. The largest absolute Gasteiger partial charge is 0.416 e. The molecule has 1 amide bonds. The molecule has 1 N–H and O–H groups in total. The molecule has 0 spiro atoms. The predicted octanol–water partition coefficient (Wildman–Crippen LogP) is 4.15. The summed E-state index contributed by atoms with van der Waals surface area (Å²) in [6.07, 6.45) is -4.47. The number of nitrogens with zero attached hydrogens (tertiary/aromatic N) is 2. The highest BCUT2D eigenvalue weighted by atomic mass is 32.2. The number of alkyl halides is 3. The molecule has 1 aromatic carbocycles. The second-order valence-electron chi connectivity index (χ2n) is 5.86. The third kappa shape index (κ3) is 5.01. The first-order valence-electron chi connectivity index (χ1n) is 8.00. The minimum Gasteiger partial charge on any atom is -0.301 e. The lowest BCUT2D eigenvalue weighted by Crippen LogP contribution is -2.34. The zero-order chi connectivity index (χ0) is 21.2. The van der Waals surface area contributed by atoms with E-state index >= 15 is 0 Å². The van der Waals surface area contributed by atoms with E-state index in [2.05, 4.69) is 10.3 Å². The first-order valence-corrected chi connectivity index (χ1v) is 11.2. The van der Waals surface area contributed by atoms with E-state index in [0.717, 1.165) is 39.1 Å². The van der Waals surface area contributed by atoms with Crippen molar-refractivity contribution in [3.05, 3.63) is 52.7 Å². The van der Waals surface area contributed by atoms with Crippen LogP contribution in [0.15, 0.2) is 51.4 Å². The number of thiazole rings is 1. The van der Waals surface area contributed by atoms with Gasteiger partial charge in [-0.1, -0.05) is 18.2 Å². The van der Waals surface area contributed by atoms with E-state index in [1.165, 1.54) is 30.6 Å². The molecule has 0 fully saturated rings. The van der Waals surface area contributed by atoms with E-state index in [4.69, 9.17) is 0 Å². The van der Waals surface area contributed by atoms with Gasteiger partial charge in [0.05, 0.1) is 17.8 Å². The monoisotopic (exact) mass is 461 g/mol. The van der Waals surface area contributed by atoms with Crippen molar-refractivity contribution in [2.24, 2.45) is 0 Å². The van der Waals surface area contributed by atoms with E-state index in [9.17, 15) is 26.4 Å². The number of nitrogens with one attached hydrogen (secondary N) is 1. The van der Waals surface area contributed by atoms with Crippen molar-refractivity contribution < 1.29 is 26.4 Å².